The van der Waals surface area contributed by atoms with E-state index in [1.54, 1.807) is 0 Å². The lowest BCUT2D eigenvalue weighted by atomic mass is 9.79. The van der Waals surface area contributed by atoms with Gasteiger partial charge in [-0.25, -0.2) is 9.13 Å². The zero-order chi connectivity index (χ0) is 86.0. The van der Waals surface area contributed by atoms with Gasteiger partial charge >= 0.3 is 15.6 Å². The highest BCUT2D eigenvalue weighted by atomic mass is 31.2. The van der Waals surface area contributed by atoms with E-state index in [4.69, 9.17) is 37.0 Å². The Bertz CT molecular complexity index is 2930. The lowest BCUT2D eigenvalue weighted by molar-refractivity contribution is -0.142. The molecule has 17 atom stereocenters. The minimum Gasteiger partial charge on any atom is -0.396 e. The van der Waals surface area contributed by atoms with Gasteiger partial charge in [-0.1, -0.05) is 57.8 Å². The summed E-state index contributed by atoms with van der Waals surface area (Å²) >= 11 is 0. The predicted octanol–water partition coefficient (Wildman–Crippen LogP) is 2.58. The van der Waals surface area contributed by atoms with Gasteiger partial charge in [-0.15, -0.1) is 0 Å². The fraction of sp³-hybridized carbons (Fsp3) is 0.883. The summed E-state index contributed by atoms with van der Waals surface area (Å²) in [7, 11) is -8.53. The van der Waals surface area contributed by atoms with Crippen molar-refractivity contribution in [3.05, 3.63) is 0 Å². The highest BCUT2D eigenvalue weighted by Gasteiger charge is 2.47. The molecule has 3 aliphatic carbocycles. The van der Waals surface area contributed by atoms with Crippen LogP contribution in [0.1, 0.15) is 233 Å². The number of phosphoric acid groups is 2. The van der Waals surface area contributed by atoms with Gasteiger partial charge in [0.25, 0.3) is 0 Å². The fourth-order valence-corrected chi connectivity index (χ4v) is 15.8. The molecule has 17 unspecified atom stereocenters. The Balaban J connectivity index is 1.46. The molecule has 0 radical (unpaired) electrons. The number of carbonyl (C=O) groups is 9. The van der Waals surface area contributed by atoms with Crippen molar-refractivity contribution >= 4 is 68.4 Å². The number of amides is 6. The molecule has 39 heteroatoms. The number of nitrogens with zero attached hydrogens (tertiary/aromatic N) is 3. The van der Waals surface area contributed by atoms with Crippen LogP contribution in [0.15, 0.2) is 0 Å². The number of rotatable bonds is 67. The third kappa shape index (κ3) is 43.3. The lowest BCUT2D eigenvalue weighted by Crippen LogP contribution is -2.61. The minimum atomic E-state index is -4.98. The van der Waals surface area contributed by atoms with E-state index >= 15 is 0 Å². The Morgan fingerprint density at radius 2 is 0.595 bits per heavy atom. The molecule has 37 nitrogen and oxygen atoms in total. The Hall–Kier alpha value is -4.51. The van der Waals surface area contributed by atoms with Crippen molar-refractivity contribution in [2.24, 2.45) is 17.8 Å². The third-order valence-corrected chi connectivity index (χ3v) is 23.2. The van der Waals surface area contributed by atoms with Gasteiger partial charge in [0.1, 0.15) is 49.1 Å². The molecule has 0 saturated heterocycles. The predicted molar refractivity (Wildman–Crippen MR) is 420 cm³/mol. The molecule has 0 spiro atoms. The largest absolute Gasteiger partial charge is 0.473 e. The molecule has 6 amide bonds. The monoisotopic (exact) mass is 1710 g/mol. The highest BCUT2D eigenvalue weighted by Crippen LogP contribution is 2.45. The quantitative estimate of drug-likeness (QED) is 0.0236. The van der Waals surface area contributed by atoms with Crippen LogP contribution in [-0.4, -0.2) is 314 Å². The highest BCUT2D eigenvalue weighted by molar-refractivity contribution is 7.47. The Labute approximate surface area is 682 Å². The van der Waals surface area contributed by atoms with Gasteiger partial charge in [-0.05, 0) is 96.3 Å². The van der Waals surface area contributed by atoms with Crippen LogP contribution in [0.25, 0.3) is 0 Å². The number of unbranched alkanes of at least 4 members (excludes halogenated alkanes) is 15. The Morgan fingerprint density at radius 1 is 0.336 bits per heavy atom. The van der Waals surface area contributed by atoms with Crippen LogP contribution < -0.4 is 16.0 Å². The van der Waals surface area contributed by atoms with Crippen LogP contribution in [0.4, 0.5) is 0 Å². The smallest absolute Gasteiger partial charge is 0.396 e. The molecule has 0 bridgehead atoms. The fourth-order valence-electron chi connectivity index (χ4n) is 14.5. The first-order chi connectivity index (χ1) is 55.3. The summed E-state index contributed by atoms with van der Waals surface area (Å²) in [4.78, 5) is 139. The number of Topliss-reactive ketones (excluding diaryl/α,β-unsaturated/α-hetero) is 3. The third-order valence-electron chi connectivity index (χ3n) is 21.3. The minimum absolute atomic E-state index is 0.0150. The van der Waals surface area contributed by atoms with Crippen LogP contribution in [0.2, 0.25) is 0 Å². The second-order valence-electron chi connectivity index (χ2n) is 30.7. The molecule has 0 aromatic carbocycles. The molecule has 116 heavy (non-hydrogen) atoms. The summed E-state index contributed by atoms with van der Waals surface area (Å²) in [5.74, 6) is -4.20. The van der Waals surface area contributed by atoms with Crippen molar-refractivity contribution in [1.29, 1.82) is 0 Å². The summed E-state index contributed by atoms with van der Waals surface area (Å²) < 4.78 is 70.5. The van der Waals surface area contributed by atoms with E-state index in [9.17, 15) is 113 Å². The van der Waals surface area contributed by atoms with Crippen molar-refractivity contribution < 1.29 is 150 Å². The van der Waals surface area contributed by atoms with Crippen LogP contribution in [0.3, 0.4) is 0 Å². The average Bonchev–Trinajstić information content (AvgIpc) is 0.818. The maximum Gasteiger partial charge on any atom is 0.473 e. The average molecular weight is 1710 g/mol. The number of ether oxygens (including phenoxy) is 4. The number of hydrogen-bond donors (Lipinski definition) is 15. The van der Waals surface area contributed by atoms with E-state index < -0.39 is 176 Å². The van der Waals surface area contributed by atoms with Gasteiger partial charge in [0.2, 0.25) is 35.4 Å². The van der Waals surface area contributed by atoms with Crippen LogP contribution in [-0.2, 0) is 89.3 Å². The second-order valence-corrected chi connectivity index (χ2v) is 33.6. The van der Waals surface area contributed by atoms with E-state index in [2.05, 4.69) is 16.0 Å². The first-order valence-electron chi connectivity index (χ1n) is 41.6. The number of carbonyl (C=O) groups excluding carboxylic acids is 9. The SMILES string of the molecule is COCCN(COP(=O)(O)OCCN(COP(=O)(O)OCCN(CCO)C(=O)CCCCCCC(=O)CCCCCOC1CC(CO)C(O)C(O)C1NC(C)=O)C(=O)CCCCCCC(=O)CCCCCOC1CC(CO)C(O)C(O)C1NC(C)=O)C(=O)CCCCCCC(=O)CCCCCOC1CC(CO)C(O)C(O)C1NC(C)=O. The molecule has 0 aliphatic heterocycles. The van der Waals surface area contributed by atoms with E-state index in [0.717, 1.165) is 4.90 Å². The number of phosphoric ester groups is 2. The molecule has 674 valence electrons. The second kappa shape index (κ2) is 60.1. The topological polar surface area (TPSA) is 550 Å². The molecule has 0 aromatic heterocycles. The summed E-state index contributed by atoms with van der Waals surface area (Å²) in [6.45, 7) is -0.280. The standard InChI is InChI=1S/C77H140N6O31P2/c1-54(88)78-69-63(46-57(49-85)72(97)75(69)100)108-40-23-11-17-29-60(91)26-14-5-8-20-32-66(94)81(35-39-84)37-44-111-115(103,104)114-53-83(68(96)34-22-10-7-16-28-62(93)31-19-13-25-42-110-65-48-59(51-87)74(99)77(102)71(65)80-56(3)90)38-45-112-116(105,106)113-52-82(36-43-107-4)67(95)33-21-9-6-15-27-61(92)30-18-12-24-41-109-64-47-58(50-86)73(98)76(101)70(64)79-55(2)89/h57-59,63-65,69-77,84-87,97-102H,5-53H2,1-4H3,(H,78,88)(H,79,89)(H,80,90)(H,103,104)(H,105,106). The van der Waals surface area contributed by atoms with Gasteiger partial charge in [0.15, 0.2) is 0 Å². The van der Waals surface area contributed by atoms with Crippen molar-refractivity contribution in [2.45, 2.75) is 306 Å². The van der Waals surface area contributed by atoms with Crippen LogP contribution >= 0.6 is 15.6 Å². The number of aliphatic hydroxyl groups is 10. The van der Waals surface area contributed by atoms with Gasteiger partial charge in [0, 0.05) is 169 Å². The molecular weight excluding hydrogens is 1570 g/mol. The molecular formula is C77H140N6O31P2. The van der Waals surface area contributed by atoms with E-state index in [0.29, 0.717) is 187 Å². The van der Waals surface area contributed by atoms with Gasteiger partial charge in [0.05, 0.1) is 81.2 Å². The summed E-state index contributed by atoms with van der Waals surface area (Å²) in [5.41, 5.74) is 0. The number of nitrogens with one attached hydrogen (secondary N) is 3. The summed E-state index contributed by atoms with van der Waals surface area (Å²) in [5, 5.41) is 109. The number of methoxy groups -OCH3 is 1. The summed E-state index contributed by atoms with van der Waals surface area (Å²) in [6.07, 6.45) is 5.59. The molecule has 15 N–H and O–H groups in total. The summed E-state index contributed by atoms with van der Waals surface area (Å²) in [6, 6.07) is -2.52. The normalized spacial score (nSPS) is 24.5. The Kier molecular flexibility index (Phi) is 54.7. The molecule has 0 aromatic rings. The van der Waals surface area contributed by atoms with Crippen molar-refractivity contribution in [1.82, 2.24) is 30.7 Å². The van der Waals surface area contributed by atoms with E-state index in [-0.39, 0.29) is 114 Å². The number of aliphatic hydroxyl groups excluding tert-OH is 10. The van der Waals surface area contributed by atoms with Crippen LogP contribution in [0, 0.1) is 17.8 Å². The Morgan fingerprint density at radius 3 is 0.862 bits per heavy atom. The molecule has 0 heterocycles. The molecule has 3 aliphatic rings. The molecule has 3 rings (SSSR count). The molecule has 3 saturated carbocycles. The van der Waals surface area contributed by atoms with Gasteiger partial charge < -0.3 is 110 Å². The lowest BCUT2D eigenvalue weighted by Gasteiger charge is -2.42. The van der Waals surface area contributed by atoms with Crippen molar-refractivity contribution in [3.63, 3.8) is 0 Å². The molecule has 3 fully saturated rings. The van der Waals surface area contributed by atoms with Crippen molar-refractivity contribution in [2.75, 3.05) is 113 Å². The maximum absolute atomic E-state index is 13.8. The van der Waals surface area contributed by atoms with E-state index in [1.165, 1.54) is 37.7 Å². The van der Waals surface area contributed by atoms with Crippen LogP contribution in [0.5, 0.6) is 0 Å². The maximum atomic E-state index is 13.8. The number of ketones is 3. The van der Waals surface area contributed by atoms with Crippen molar-refractivity contribution in [3.8, 4) is 0 Å². The van der Waals surface area contributed by atoms with Gasteiger partial charge in [-0.3, -0.25) is 61.2 Å². The first kappa shape index (κ1) is 106. The first-order valence-corrected chi connectivity index (χ1v) is 44.6. The zero-order valence-corrected chi connectivity index (χ0v) is 70.5. The van der Waals surface area contributed by atoms with Gasteiger partial charge in [-0.2, -0.15) is 0 Å². The zero-order valence-electron chi connectivity index (χ0n) is 68.7. The number of hydrogen-bond acceptors (Lipinski definition) is 29. The van der Waals surface area contributed by atoms with E-state index in [1.807, 2.05) is 0 Å².